The van der Waals surface area contributed by atoms with Gasteiger partial charge < -0.3 is 9.15 Å². The van der Waals surface area contributed by atoms with Gasteiger partial charge in [-0.2, -0.15) is 4.99 Å². The van der Waals surface area contributed by atoms with Crippen LogP contribution in [0.3, 0.4) is 0 Å². The molecule has 16 heavy (non-hydrogen) atoms. The zero-order valence-electron chi connectivity index (χ0n) is 9.07. The minimum atomic E-state index is -0.585. The van der Waals surface area contributed by atoms with Gasteiger partial charge >= 0.3 is 5.97 Å². The van der Waals surface area contributed by atoms with Gasteiger partial charge in [-0.25, -0.2) is 9.59 Å². The molecule has 1 fully saturated rings. The van der Waals surface area contributed by atoms with E-state index in [1.807, 2.05) is 0 Å². The summed E-state index contributed by atoms with van der Waals surface area (Å²) in [4.78, 5) is 25.4. The van der Waals surface area contributed by atoms with Crippen molar-refractivity contribution in [1.29, 1.82) is 0 Å². The first kappa shape index (κ1) is 10.6. The smallest absolute Gasteiger partial charge is 0.341 e. The predicted molar refractivity (Wildman–Crippen MR) is 53.8 cm³/mol. The molecule has 1 aromatic heterocycles. The Morgan fingerprint density at radius 1 is 1.62 bits per heavy atom. The Labute approximate surface area is 92.1 Å². The number of ether oxygens (including phenoxy) is 1. The van der Waals surface area contributed by atoms with Gasteiger partial charge in [0, 0.05) is 0 Å². The second kappa shape index (κ2) is 3.61. The number of carbonyl (C=O) groups is 1. The number of carbonyl (C=O) groups excluding carboxylic acids is 2. The van der Waals surface area contributed by atoms with Crippen molar-refractivity contribution >= 4 is 12.0 Å². The molecular formula is C11H11NO4. The number of isocyanates is 1. The average molecular weight is 221 g/mol. The topological polar surface area (TPSA) is 68.9 Å². The Morgan fingerprint density at radius 3 is 2.81 bits per heavy atom. The molecule has 5 nitrogen and oxygen atoms in total. The zero-order valence-corrected chi connectivity index (χ0v) is 9.07. The number of esters is 1. The first-order chi connectivity index (χ1) is 7.63. The monoisotopic (exact) mass is 221 g/mol. The van der Waals surface area contributed by atoms with Crippen LogP contribution in [0.25, 0.3) is 0 Å². The summed E-state index contributed by atoms with van der Waals surface area (Å²) in [6, 6.07) is 1.59. The molecule has 84 valence electrons. The minimum absolute atomic E-state index is 0.380. The maximum atomic E-state index is 11.4. The molecule has 1 aromatic rings. The molecule has 0 saturated heterocycles. The highest BCUT2D eigenvalue weighted by molar-refractivity contribution is 5.90. The number of nitrogens with zero attached hydrogens (tertiary/aromatic N) is 1. The van der Waals surface area contributed by atoms with Crippen molar-refractivity contribution in [3.05, 3.63) is 23.2 Å². The normalized spacial score (nSPS) is 16.4. The van der Waals surface area contributed by atoms with E-state index in [0.29, 0.717) is 17.1 Å². The summed E-state index contributed by atoms with van der Waals surface area (Å²) in [5, 5.41) is 0. The lowest BCUT2D eigenvalue weighted by molar-refractivity contribution is 0.0599. The highest BCUT2D eigenvalue weighted by Crippen LogP contribution is 2.50. The van der Waals surface area contributed by atoms with Crippen molar-refractivity contribution in [1.82, 2.24) is 0 Å². The third-order valence-electron chi connectivity index (χ3n) is 2.77. The summed E-state index contributed by atoms with van der Waals surface area (Å²) in [6.45, 7) is 1.68. The molecule has 1 aliphatic rings. The van der Waals surface area contributed by atoms with E-state index in [9.17, 15) is 9.59 Å². The van der Waals surface area contributed by atoms with E-state index in [4.69, 9.17) is 4.42 Å². The Hall–Kier alpha value is -1.87. The fourth-order valence-corrected chi connectivity index (χ4v) is 1.64. The molecule has 0 bridgehead atoms. The van der Waals surface area contributed by atoms with Crippen molar-refractivity contribution in [2.75, 3.05) is 7.11 Å². The quantitative estimate of drug-likeness (QED) is 0.442. The van der Waals surface area contributed by atoms with Crippen molar-refractivity contribution < 1.29 is 18.7 Å². The molecule has 0 unspecified atom stereocenters. The molecule has 5 heteroatoms. The van der Waals surface area contributed by atoms with Crippen molar-refractivity contribution in [3.63, 3.8) is 0 Å². The first-order valence-electron chi connectivity index (χ1n) is 4.91. The second-order valence-electron chi connectivity index (χ2n) is 3.81. The molecule has 0 amide bonds. The highest BCUT2D eigenvalue weighted by Gasteiger charge is 2.48. The molecule has 0 atom stereocenters. The van der Waals surface area contributed by atoms with E-state index in [-0.39, 0.29) is 0 Å². The number of hydrogen-bond donors (Lipinski definition) is 0. The molecule has 1 heterocycles. The van der Waals surface area contributed by atoms with Crippen LogP contribution in [-0.4, -0.2) is 19.2 Å². The van der Waals surface area contributed by atoms with Crippen LogP contribution in [0.5, 0.6) is 0 Å². The van der Waals surface area contributed by atoms with Crippen LogP contribution in [-0.2, 0) is 15.1 Å². The van der Waals surface area contributed by atoms with E-state index in [2.05, 4.69) is 9.73 Å². The van der Waals surface area contributed by atoms with Crippen molar-refractivity contribution in [2.45, 2.75) is 25.3 Å². The van der Waals surface area contributed by atoms with Gasteiger partial charge in [-0.3, -0.25) is 0 Å². The molecular weight excluding hydrogens is 210 g/mol. The van der Waals surface area contributed by atoms with Crippen LogP contribution in [0.2, 0.25) is 0 Å². The van der Waals surface area contributed by atoms with E-state index < -0.39 is 11.5 Å². The van der Waals surface area contributed by atoms with Crippen molar-refractivity contribution in [3.8, 4) is 0 Å². The first-order valence-corrected chi connectivity index (χ1v) is 4.91. The highest BCUT2D eigenvalue weighted by atomic mass is 16.5. The molecule has 2 rings (SSSR count). The Bertz CT molecular complexity index is 478. The van der Waals surface area contributed by atoms with E-state index >= 15 is 0 Å². The number of aliphatic imine (C=N–C) groups is 1. The second-order valence-corrected chi connectivity index (χ2v) is 3.81. The van der Waals surface area contributed by atoms with E-state index in [1.165, 1.54) is 13.2 Å². The minimum Gasteiger partial charge on any atom is -0.465 e. The van der Waals surface area contributed by atoms with Gasteiger partial charge in [-0.15, -0.1) is 0 Å². The Morgan fingerprint density at radius 2 is 2.31 bits per heavy atom. The predicted octanol–water partition coefficient (Wildman–Crippen LogP) is 1.70. The molecule has 1 aliphatic carbocycles. The third kappa shape index (κ3) is 1.55. The van der Waals surface area contributed by atoms with Crippen LogP contribution in [0.1, 0.15) is 34.7 Å². The number of methoxy groups -OCH3 is 1. The van der Waals surface area contributed by atoms with Gasteiger partial charge in [-0.1, -0.05) is 0 Å². The lowest BCUT2D eigenvalue weighted by Gasteiger charge is -2.00. The SMILES string of the molecule is COC(=O)c1cc(C2(N=C=O)CC2)oc1C. The Kier molecular flexibility index (Phi) is 2.40. The zero-order chi connectivity index (χ0) is 11.8. The molecule has 0 spiro atoms. The average Bonchev–Trinajstić information content (AvgIpc) is 2.94. The largest absolute Gasteiger partial charge is 0.465 e. The summed E-state index contributed by atoms with van der Waals surface area (Å²) in [5.41, 5.74) is -0.205. The van der Waals surface area contributed by atoms with Crippen molar-refractivity contribution in [2.24, 2.45) is 4.99 Å². The molecule has 0 aromatic carbocycles. The summed E-state index contributed by atoms with van der Waals surface area (Å²) in [6.07, 6.45) is 3.03. The van der Waals surface area contributed by atoms with Gasteiger partial charge in [0.05, 0.1) is 7.11 Å². The van der Waals surface area contributed by atoms with Gasteiger partial charge in [-0.05, 0) is 25.8 Å². The maximum absolute atomic E-state index is 11.4. The summed E-state index contributed by atoms with van der Waals surface area (Å²) in [7, 11) is 1.31. The molecule has 0 radical (unpaired) electrons. The van der Waals surface area contributed by atoms with E-state index in [1.54, 1.807) is 13.0 Å². The van der Waals surface area contributed by atoms with Crippen LogP contribution in [0.15, 0.2) is 15.5 Å². The van der Waals surface area contributed by atoms with Crippen LogP contribution >= 0.6 is 0 Å². The fourth-order valence-electron chi connectivity index (χ4n) is 1.64. The summed E-state index contributed by atoms with van der Waals surface area (Å²) >= 11 is 0. The standard InChI is InChI=1S/C11H11NO4/c1-7-8(10(14)15-2)5-9(16-7)11(3-4-11)12-6-13/h5H,3-4H2,1-2H3. The molecule has 0 aliphatic heterocycles. The molecule has 1 saturated carbocycles. The summed E-state index contributed by atoms with van der Waals surface area (Å²) < 4.78 is 10.1. The van der Waals surface area contributed by atoms with Gasteiger partial charge in [0.1, 0.15) is 22.6 Å². The van der Waals surface area contributed by atoms with Crippen LogP contribution in [0, 0.1) is 6.92 Å². The number of rotatable bonds is 3. The van der Waals surface area contributed by atoms with Gasteiger partial charge in [0.2, 0.25) is 6.08 Å². The fraction of sp³-hybridized carbons (Fsp3) is 0.455. The number of furan rings is 1. The van der Waals surface area contributed by atoms with Crippen LogP contribution in [0.4, 0.5) is 0 Å². The lowest BCUT2D eigenvalue weighted by Crippen LogP contribution is -2.02. The van der Waals surface area contributed by atoms with Gasteiger partial charge in [0.15, 0.2) is 0 Å². The van der Waals surface area contributed by atoms with E-state index in [0.717, 1.165) is 12.8 Å². The third-order valence-corrected chi connectivity index (χ3v) is 2.77. The van der Waals surface area contributed by atoms with Gasteiger partial charge in [0.25, 0.3) is 0 Å². The summed E-state index contributed by atoms with van der Waals surface area (Å²) in [5.74, 6) is 0.571. The maximum Gasteiger partial charge on any atom is 0.341 e. The molecule has 0 N–H and O–H groups in total. The van der Waals surface area contributed by atoms with Crippen LogP contribution < -0.4 is 0 Å². The Balaban J connectivity index is 2.38. The lowest BCUT2D eigenvalue weighted by atomic mass is 10.2. The number of aryl methyl sites for hydroxylation is 1. The number of hydrogen-bond acceptors (Lipinski definition) is 5.